The summed E-state index contributed by atoms with van der Waals surface area (Å²) >= 11 is 0. The minimum absolute atomic E-state index is 0.104. The number of nitrogens with zero attached hydrogens (tertiary/aromatic N) is 1. The van der Waals surface area contributed by atoms with E-state index in [0.717, 1.165) is 36.2 Å². The molecule has 2 amide bonds. The zero-order chi connectivity index (χ0) is 21.4. The lowest BCUT2D eigenvalue weighted by Gasteiger charge is -2.31. The fourth-order valence-electron chi connectivity index (χ4n) is 5.20. The molecule has 1 aromatic heterocycles. The Bertz CT molecular complexity index is 897. The molecule has 0 aromatic carbocycles. The molecule has 162 valence electrons. The zero-order valence-electron chi connectivity index (χ0n) is 17.5. The van der Waals surface area contributed by atoms with Gasteiger partial charge in [0.1, 0.15) is 18.1 Å². The van der Waals surface area contributed by atoms with Gasteiger partial charge in [-0.15, -0.1) is 0 Å². The molecule has 3 heterocycles. The number of ether oxygens (including phenoxy) is 1. The number of amides is 2. The van der Waals surface area contributed by atoms with Crippen LogP contribution < -0.4 is 0 Å². The number of furan rings is 1. The maximum Gasteiger partial charge on any atom is 0.233 e. The molecule has 7 heteroatoms. The Balaban J connectivity index is 1.51. The van der Waals surface area contributed by atoms with Gasteiger partial charge in [0.2, 0.25) is 11.8 Å². The van der Waals surface area contributed by atoms with E-state index in [2.05, 4.69) is 6.92 Å². The van der Waals surface area contributed by atoms with Crippen LogP contribution in [-0.4, -0.2) is 53.3 Å². The first-order chi connectivity index (χ1) is 14.5. The molecule has 2 N–H and O–H groups in total. The van der Waals surface area contributed by atoms with Gasteiger partial charge in [0.05, 0.1) is 31.2 Å². The molecule has 1 aromatic rings. The van der Waals surface area contributed by atoms with E-state index >= 15 is 0 Å². The molecule has 0 saturated carbocycles. The van der Waals surface area contributed by atoms with E-state index in [9.17, 15) is 14.7 Å². The average molecular weight is 415 g/mol. The van der Waals surface area contributed by atoms with E-state index in [1.807, 2.05) is 12.1 Å². The van der Waals surface area contributed by atoms with Crippen LogP contribution in [0.15, 0.2) is 33.3 Å². The molecule has 0 unspecified atom stereocenters. The summed E-state index contributed by atoms with van der Waals surface area (Å²) in [5.74, 6) is 0.133. The van der Waals surface area contributed by atoms with Crippen molar-refractivity contribution >= 4 is 17.9 Å². The predicted octanol–water partition coefficient (Wildman–Crippen LogP) is 2.28. The third-order valence-electron chi connectivity index (χ3n) is 6.79. The lowest BCUT2D eigenvalue weighted by atomic mass is 9.69. The number of aliphatic hydroxyl groups excluding tert-OH is 2. The maximum absolute atomic E-state index is 12.7. The van der Waals surface area contributed by atoms with Crippen molar-refractivity contribution in [2.45, 2.75) is 45.3 Å². The number of aliphatic hydroxyl groups is 2. The predicted molar refractivity (Wildman–Crippen MR) is 109 cm³/mol. The highest BCUT2D eigenvalue weighted by Crippen LogP contribution is 2.49. The van der Waals surface area contributed by atoms with Crippen molar-refractivity contribution in [3.8, 4) is 0 Å². The van der Waals surface area contributed by atoms with Crippen LogP contribution in [0.1, 0.15) is 44.1 Å². The van der Waals surface area contributed by atoms with Gasteiger partial charge in [-0.1, -0.05) is 12.5 Å². The highest BCUT2D eigenvalue weighted by molar-refractivity contribution is 6.05. The van der Waals surface area contributed by atoms with Crippen molar-refractivity contribution in [1.29, 1.82) is 0 Å². The molecule has 7 nitrogen and oxygen atoms in total. The molecule has 0 radical (unpaired) electrons. The summed E-state index contributed by atoms with van der Waals surface area (Å²) in [5.41, 5.74) is 3.10. The number of carbonyl (C=O) groups excluding carboxylic acids is 2. The van der Waals surface area contributed by atoms with Gasteiger partial charge in [0.15, 0.2) is 0 Å². The fourth-order valence-corrected chi connectivity index (χ4v) is 5.20. The Morgan fingerprint density at radius 3 is 2.67 bits per heavy atom. The summed E-state index contributed by atoms with van der Waals surface area (Å²) in [6.45, 7) is 2.28. The van der Waals surface area contributed by atoms with E-state index in [1.165, 1.54) is 10.5 Å². The molecule has 0 bridgehead atoms. The van der Waals surface area contributed by atoms with Crippen molar-refractivity contribution in [2.24, 2.45) is 17.8 Å². The van der Waals surface area contributed by atoms with Crippen LogP contribution in [-0.2, 0) is 20.9 Å². The highest BCUT2D eigenvalue weighted by atomic mass is 16.5. The monoisotopic (exact) mass is 415 g/mol. The van der Waals surface area contributed by atoms with Crippen LogP contribution in [0.5, 0.6) is 0 Å². The summed E-state index contributed by atoms with van der Waals surface area (Å²) in [4.78, 5) is 26.4. The summed E-state index contributed by atoms with van der Waals surface area (Å²) in [7, 11) is 1.55. The molecular weight excluding hydrogens is 386 g/mol. The van der Waals surface area contributed by atoms with Crippen molar-refractivity contribution < 1.29 is 29.0 Å². The molecule has 4 rings (SSSR count). The number of hydrogen-bond acceptors (Lipinski definition) is 6. The van der Waals surface area contributed by atoms with Gasteiger partial charge < -0.3 is 19.4 Å². The first-order valence-corrected chi connectivity index (χ1v) is 10.6. The third kappa shape index (κ3) is 3.55. The summed E-state index contributed by atoms with van der Waals surface area (Å²) in [5, 5.41) is 19.1. The average Bonchev–Trinajstić information content (AvgIpc) is 3.45. The number of imide groups is 1. The quantitative estimate of drug-likeness (QED) is 0.524. The summed E-state index contributed by atoms with van der Waals surface area (Å²) in [6.07, 6.45) is 4.70. The SMILES string of the molecule is CC/C(=C\c1ccc(CO)o1)CC[C@H]1OC[C@H]2C1=C(CO)C[C@H]1C(=O)N(C)C(=O)[C@H]12. The van der Waals surface area contributed by atoms with Crippen molar-refractivity contribution in [2.75, 3.05) is 20.3 Å². The number of likely N-dealkylation sites (tertiary alicyclic amines) is 1. The van der Waals surface area contributed by atoms with E-state index in [1.54, 1.807) is 13.1 Å². The van der Waals surface area contributed by atoms with Crippen LogP contribution in [0.25, 0.3) is 6.08 Å². The van der Waals surface area contributed by atoms with Gasteiger partial charge >= 0.3 is 0 Å². The zero-order valence-corrected chi connectivity index (χ0v) is 17.5. The number of hydrogen-bond donors (Lipinski definition) is 2. The molecule has 2 fully saturated rings. The van der Waals surface area contributed by atoms with Crippen molar-refractivity contribution in [1.82, 2.24) is 4.90 Å². The molecule has 4 atom stereocenters. The second kappa shape index (κ2) is 8.49. The second-order valence-corrected chi connectivity index (χ2v) is 8.37. The molecule has 30 heavy (non-hydrogen) atoms. The maximum atomic E-state index is 12.7. The number of fused-ring (bicyclic) bond motifs is 3. The fraction of sp³-hybridized carbons (Fsp3) is 0.565. The van der Waals surface area contributed by atoms with Crippen molar-refractivity contribution in [3.05, 3.63) is 40.4 Å². The topological polar surface area (TPSA) is 100 Å². The van der Waals surface area contributed by atoms with Crippen molar-refractivity contribution in [3.63, 3.8) is 0 Å². The first-order valence-electron chi connectivity index (χ1n) is 10.6. The molecule has 2 saturated heterocycles. The normalized spacial score (nSPS) is 29.1. The van der Waals surface area contributed by atoms with Crippen LogP contribution in [0.4, 0.5) is 0 Å². The Hall–Kier alpha value is -2.22. The van der Waals surface area contributed by atoms with Crippen LogP contribution >= 0.6 is 0 Å². The first kappa shape index (κ1) is 21.0. The van der Waals surface area contributed by atoms with E-state index < -0.39 is 0 Å². The molecule has 2 aliphatic heterocycles. The summed E-state index contributed by atoms with van der Waals surface area (Å²) < 4.78 is 11.7. The third-order valence-corrected chi connectivity index (χ3v) is 6.79. The van der Waals surface area contributed by atoms with E-state index in [0.29, 0.717) is 18.8 Å². The molecule has 1 aliphatic carbocycles. The van der Waals surface area contributed by atoms with Gasteiger partial charge in [-0.05, 0) is 55.0 Å². The van der Waals surface area contributed by atoms with Crippen LogP contribution in [0, 0.1) is 17.8 Å². The largest absolute Gasteiger partial charge is 0.459 e. The van der Waals surface area contributed by atoms with E-state index in [4.69, 9.17) is 14.3 Å². The number of rotatable bonds is 7. The van der Waals surface area contributed by atoms with E-state index in [-0.39, 0.29) is 48.9 Å². The minimum Gasteiger partial charge on any atom is -0.459 e. The van der Waals surface area contributed by atoms with Gasteiger partial charge in [-0.2, -0.15) is 0 Å². The Kier molecular flexibility index (Phi) is 5.95. The number of carbonyl (C=O) groups is 2. The van der Waals surface area contributed by atoms with Gasteiger partial charge in [-0.3, -0.25) is 14.5 Å². The Morgan fingerprint density at radius 1 is 1.20 bits per heavy atom. The van der Waals surface area contributed by atoms with Gasteiger partial charge in [0.25, 0.3) is 0 Å². The highest BCUT2D eigenvalue weighted by Gasteiger charge is 2.55. The lowest BCUT2D eigenvalue weighted by Crippen LogP contribution is -2.34. The Labute approximate surface area is 176 Å². The molecular formula is C23H29NO6. The molecule has 3 aliphatic rings. The Morgan fingerprint density at radius 2 is 2.00 bits per heavy atom. The summed E-state index contributed by atoms with van der Waals surface area (Å²) in [6, 6.07) is 3.60. The lowest BCUT2D eigenvalue weighted by molar-refractivity contribution is -0.138. The number of allylic oxidation sites excluding steroid dienone is 1. The second-order valence-electron chi connectivity index (χ2n) is 8.37. The van der Waals surface area contributed by atoms with Crippen LogP contribution in [0.3, 0.4) is 0 Å². The van der Waals surface area contributed by atoms with Crippen LogP contribution in [0.2, 0.25) is 0 Å². The minimum atomic E-state index is -0.369. The standard InChI is InChI=1S/C23H29NO6/c1-3-13(8-15-5-6-16(11-26)30-15)4-7-19-20-14(10-25)9-17-21(18(20)12-29-19)23(28)24(2)22(17)27/h5-6,8,17-19,21,25-26H,3-4,7,9-12H2,1-2H3/b13-8+/t17-,18+,19-,21-/m1/s1. The molecule has 0 spiro atoms. The van der Waals surface area contributed by atoms with Gasteiger partial charge in [0, 0.05) is 13.0 Å². The smallest absolute Gasteiger partial charge is 0.233 e. The van der Waals surface area contributed by atoms with Gasteiger partial charge in [-0.25, -0.2) is 0 Å².